The number of nitrogens with zero attached hydrogens (tertiary/aromatic N) is 1. The number of aromatic nitrogens is 1. The van der Waals surface area contributed by atoms with Crippen molar-refractivity contribution in [1.82, 2.24) is 4.98 Å². The number of carbonyl (C=O) groups is 2. The molecule has 0 aliphatic carbocycles. The molecule has 2 aliphatic rings. The van der Waals surface area contributed by atoms with Gasteiger partial charge in [-0.15, -0.1) is 0 Å². The molecule has 2 saturated heterocycles. The van der Waals surface area contributed by atoms with Gasteiger partial charge in [-0.1, -0.05) is 54.6 Å². The van der Waals surface area contributed by atoms with E-state index in [1.807, 2.05) is 48.5 Å². The monoisotopic (exact) mass is 461 g/mol. The van der Waals surface area contributed by atoms with Gasteiger partial charge in [-0.25, -0.2) is 9.78 Å². The molecule has 2 bridgehead atoms. The Morgan fingerprint density at radius 2 is 1.74 bits per heavy atom. The molecule has 0 radical (unpaired) electrons. The lowest BCUT2D eigenvalue weighted by Crippen LogP contribution is -2.28. The summed E-state index contributed by atoms with van der Waals surface area (Å²) in [6, 6.07) is 17.5. The molecule has 4 atom stereocenters. The van der Waals surface area contributed by atoms with Crippen LogP contribution >= 0.6 is 0 Å². The zero-order valence-corrected chi connectivity index (χ0v) is 18.8. The molecule has 1 aromatic heterocycles. The highest BCUT2D eigenvalue weighted by Crippen LogP contribution is 2.50. The van der Waals surface area contributed by atoms with E-state index in [4.69, 9.17) is 19.0 Å². The van der Waals surface area contributed by atoms with Crippen LogP contribution in [-0.2, 0) is 33.7 Å². The van der Waals surface area contributed by atoms with Crippen molar-refractivity contribution < 1.29 is 28.6 Å². The molecule has 7 heteroatoms. The number of carbonyl (C=O) groups excluding carboxylic acids is 1. The van der Waals surface area contributed by atoms with Crippen LogP contribution in [0.1, 0.15) is 58.2 Å². The number of aliphatic carboxylic acids is 1. The van der Waals surface area contributed by atoms with Crippen LogP contribution in [0.5, 0.6) is 0 Å². The van der Waals surface area contributed by atoms with Gasteiger partial charge >= 0.3 is 11.9 Å². The van der Waals surface area contributed by atoms with Crippen molar-refractivity contribution in [1.29, 1.82) is 0 Å². The van der Waals surface area contributed by atoms with Crippen LogP contribution < -0.4 is 0 Å². The van der Waals surface area contributed by atoms with E-state index in [1.54, 1.807) is 0 Å². The summed E-state index contributed by atoms with van der Waals surface area (Å²) in [5, 5.41) is 9.10. The number of aryl methyl sites for hydroxylation is 1. The van der Waals surface area contributed by atoms with E-state index in [0.29, 0.717) is 12.3 Å². The molecule has 2 aromatic carbocycles. The Bertz CT molecular complexity index is 1160. The van der Waals surface area contributed by atoms with Crippen LogP contribution in [0, 0.1) is 5.92 Å². The Morgan fingerprint density at radius 1 is 1.00 bits per heavy atom. The van der Waals surface area contributed by atoms with Crippen LogP contribution in [-0.4, -0.2) is 34.2 Å². The fourth-order valence-corrected chi connectivity index (χ4v) is 5.20. The van der Waals surface area contributed by atoms with Crippen LogP contribution in [0.4, 0.5) is 0 Å². The topological polar surface area (TPSA) is 98.9 Å². The second kappa shape index (κ2) is 9.81. The highest BCUT2D eigenvalue weighted by molar-refractivity contribution is 5.86. The van der Waals surface area contributed by atoms with Crippen molar-refractivity contribution in [2.45, 2.75) is 56.8 Å². The van der Waals surface area contributed by atoms with Gasteiger partial charge in [0.25, 0.3) is 0 Å². The molecule has 34 heavy (non-hydrogen) atoms. The summed E-state index contributed by atoms with van der Waals surface area (Å²) in [5.41, 5.74) is 3.24. The van der Waals surface area contributed by atoms with Gasteiger partial charge in [0.1, 0.15) is 12.9 Å². The maximum absolute atomic E-state index is 12.5. The van der Waals surface area contributed by atoms with Gasteiger partial charge in [0.05, 0.1) is 18.1 Å². The normalized spacial score (nSPS) is 23.2. The number of rotatable bonds is 9. The number of oxazole rings is 1. The molecule has 2 aliphatic heterocycles. The number of esters is 1. The molecule has 3 heterocycles. The second-order valence-corrected chi connectivity index (χ2v) is 8.98. The number of hydrogen-bond acceptors (Lipinski definition) is 6. The van der Waals surface area contributed by atoms with Crippen LogP contribution in [0.25, 0.3) is 0 Å². The smallest absolute Gasteiger partial charge is 0.360 e. The van der Waals surface area contributed by atoms with E-state index in [0.717, 1.165) is 36.0 Å². The number of benzene rings is 2. The summed E-state index contributed by atoms with van der Waals surface area (Å²) in [7, 11) is 0. The third-order valence-electron chi connectivity index (χ3n) is 6.84. The maximum atomic E-state index is 12.5. The predicted molar refractivity (Wildman–Crippen MR) is 122 cm³/mol. The Labute approximate surface area is 197 Å². The molecular formula is C27H27NO6. The highest BCUT2D eigenvalue weighted by atomic mass is 16.5. The molecule has 176 valence electrons. The predicted octanol–water partition coefficient (Wildman–Crippen LogP) is 4.55. The summed E-state index contributed by atoms with van der Waals surface area (Å²) in [4.78, 5) is 28.1. The number of carboxylic acids is 1. The molecule has 0 spiro atoms. The van der Waals surface area contributed by atoms with Gasteiger partial charge < -0.3 is 19.0 Å². The number of ether oxygens (including phenoxy) is 2. The SMILES string of the molecule is O=C(O)CCc1ccccc1C[C@@H]1[C@H](c2nc(C(=O)OCc3ccccc3)co2)[C@H]2CC[C@@H]1O2. The van der Waals surface area contributed by atoms with Crippen molar-refractivity contribution in [3.8, 4) is 0 Å². The third-order valence-corrected chi connectivity index (χ3v) is 6.84. The van der Waals surface area contributed by atoms with Crippen molar-refractivity contribution in [2.75, 3.05) is 0 Å². The molecule has 1 N–H and O–H groups in total. The van der Waals surface area contributed by atoms with E-state index in [9.17, 15) is 9.59 Å². The molecule has 7 nitrogen and oxygen atoms in total. The zero-order chi connectivity index (χ0) is 23.5. The second-order valence-electron chi connectivity index (χ2n) is 8.98. The number of fused-ring (bicyclic) bond motifs is 2. The van der Waals surface area contributed by atoms with E-state index < -0.39 is 11.9 Å². The Kier molecular flexibility index (Phi) is 6.45. The first-order valence-electron chi connectivity index (χ1n) is 11.7. The van der Waals surface area contributed by atoms with E-state index in [-0.39, 0.29) is 42.8 Å². The zero-order valence-electron chi connectivity index (χ0n) is 18.8. The van der Waals surface area contributed by atoms with Crippen LogP contribution in [0.2, 0.25) is 0 Å². The van der Waals surface area contributed by atoms with Gasteiger partial charge in [0.2, 0.25) is 5.89 Å². The average Bonchev–Trinajstić information content (AvgIpc) is 3.59. The van der Waals surface area contributed by atoms with Crippen molar-refractivity contribution in [2.24, 2.45) is 5.92 Å². The first-order chi connectivity index (χ1) is 16.6. The quantitative estimate of drug-likeness (QED) is 0.467. The van der Waals surface area contributed by atoms with Crippen LogP contribution in [0.3, 0.4) is 0 Å². The summed E-state index contributed by atoms with van der Waals surface area (Å²) < 4.78 is 17.4. The van der Waals surface area contributed by atoms with Crippen molar-refractivity contribution in [3.63, 3.8) is 0 Å². The summed E-state index contributed by atoms with van der Waals surface area (Å²) in [5.74, 6) is -0.716. The van der Waals surface area contributed by atoms with Crippen molar-refractivity contribution in [3.05, 3.63) is 89.1 Å². The Hall–Kier alpha value is -3.45. The van der Waals surface area contributed by atoms with Gasteiger partial charge in [0.15, 0.2) is 5.69 Å². The molecule has 0 unspecified atom stereocenters. The largest absolute Gasteiger partial charge is 0.481 e. The third kappa shape index (κ3) is 4.75. The standard InChI is InChI=1S/C27H27NO6/c29-24(30)13-10-18-8-4-5-9-19(18)14-20-22-11-12-23(34-22)25(20)26-28-21(16-32-26)27(31)33-15-17-6-2-1-3-7-17/h1-9,16,20,22-23,25H,10-15H2,(H,29,30)/t20-,22-,23+,25-/m0/s1. The van der Waals surface area contributed by atoms with Crippen molar-refractivity contribution >= 4 is 11.9 Å². The fourth-order valence-electron chi connectivity index (χ4n) is 5.20. The molecule has 3 aromatic rings. The van der Waals surface area contributed by atoms with E-state index in [1.165, 1.54) is 6.26 Å². The lowest BCUT2D eigenvalue weighted by atomic mass is 9.75. The molecule has 0 amide bonds. The first kappa shape index (κ1) is 22.3. The lowest BCUT2D eigenvalue weighted by molar-refractivity contribution is -0.136. The highest BCUT2D eigenvalue weighted by Gasteiger charge is 2.51. The Morgan fingerprint density at radius 3 is 2.53 bits per heavy atom. The minimum absolute atomic E-state index is 0.00743. The minimum atomic E-state index is -0.803. The van der Waals surface area contributed by atoms with Crippen LogP contribution in [0.15, 0.2) is 65.3 Å². The van der Waals surface area contributed by atoms with Gasteiger partial charge in [-0.05, 0) is 42.4 Å². The minimum Gasteiger partial charge on any atom is -0.481 e. The maximum Gasteiger partial charge on any atom is 0.360 e. The van der Waals surface area contributed by atoms with E-state index >= 15 is 0 Å². The molecule has 0 saturated carbocycles. The summed E-state index contributed by atoms with van der Waals surface area (Å²) in [6.07, 6.45) is 4.73. The molecular weight excluding hydrogens is 434 g/mol. The van der Waals surface area contributed by atoms with Gasteiger partial charge in [0, 0.05) is 12.3 Å². The average molecular weight is 462 g/mol. The fraction of sp³-hybridized carbons (Fsp3) is 0.370. The Balaban J connectivity index is 1.30. The van der Waals surface area contributed by atoms with Gasteiger partial charge in [-0.2, -0.15) is 0 Å². The summed E-state index contributed by atoms with van der Waals surface area (Å²) >= 11 is 0. The summed E-state index contributed by atoms with van der Waals surface area (Å²) in [6.45, 7) is 0.175. The molecule has 5 rings (SSSR count). The lowest BCUT2D eigenvalue weighted by Gasteiger charge is -2.26. The van der Waals surface area contributed by atoms with E-state index in [2.05, 4.69) is 11.1 Å². The number of carboxylic acid groups (broad SMARTS) is 1. The van der Waals surface area contributed by atoms with Gasteiger partial charge in [-0.3, -0.25) is 4.79 Å². The number of hydrogen-bond donors (Lipinski definition) is 1. The molecule has 2 fully saturated rings. The first-order valence-corrected chi connectivity index (χ1v) is 11.7.